The van der Waals surface area contributed by atoms with Crippen LogP contribution < -0.4 is 5.32 Å². The number of urea groups is 1. The predicted molar refractivity (Wildman–Crippen MR) is 83.8 cm³/mol. The fourth-order valence-corrected chi connectivity index (χ4v) is 3.01. The number of nitrogens with one attached hydrogen (secondary N) is 2. The molecular weight excluding hydrogens is 321 g/mol. The van der Waals surface area contributed by atoms with E-state index in [-0.39, 0.29) is 5.92 Å². The summed E-state index contributed by atoms with van der Waals surface area (Å²) in [5.41, 5.74) is 2.91. The zero-order valence-electron chi connectivity index (χ0n) is 13.3. The van der Waals surface area contributed by atoms with E-state index >= 15 is 0 Å². The van der Waals surface area contributed by atoms with Gasteiger partial charge in [-0.15, -0.1) is 0 Å². The lowest BCUT2D eigenvalue weighted by atomic mass is 9.97. The van der Waals surface area contributed by atoms with E-state index in [4.69, 9.17) is 0 Å². The lowest BCUT2D eigenvalue weighted by Gasteiger charge is -2.32. The minimum Gasteiger partial charge on any atom is -0.342 e. The zero-order chi connectivity index (χ0) is 17.3. The van der Waals surface area contributed by atoms with Gasteiger partial charge in [-0.1, -0.05) is 6.07 Å². The highest BCUT2D eigenvalue weighted by Gasteiger charge is 2.31. The average Bonchev–Trinajstić information content (AvgIpc) is 2.95. The van der Waals surface area contributed by atoms with Crippen LogP contribution in [0.2, 0.25) is 0 Å². The van der Waals surface area contributed by atoms with Crippen LogP contribution in [-0.2, 0) is 0 Å². The molecule has 1 saturated heterocycles. The van der Waals surface area contributed by atoms with E-state index in [0.29, 0.717) is 13.1 Å². The SMILES string of the molecule is Cc1ccc2nc([C@H]3CCCN(C(=O)NCC(F)(F)F)C3)[nH]c2c1. The lowest BCUT2D eigenvalue weighted by Crippen LogP contribution is -2.47. The van der Waals surface area contributed by atoms with Crippen LogP contribution in [0.25, 0.3) is 11.0 Å². The topological polar surface area (TPSA) is 61.0 Å². The molecule has 2 heterocycles. The summed E-state index contributed by atoms with van der Waals surface area (Å²) >= 11 is 0. The number of aromatic nitrogens is 2. The van der Waals surface area contributed by atoms with Crippen LogP contribution >= 0.6 is 0 Å². The number of halogens is 3. The van der Waals surface area contributed by atoms with E-state index in [1.807, 2.05) is 30.4 Å². The standard InChI is InChI=1S/C16H19F3N4O/c1-10-4-5-12-13(7-10)22-14(21-12)11-3-2-6-23(8-11)15(24)20-9-16(17,18)19/h4-5,7,11H,2-3,6,8-9H2,1H3,(H,20,24)(H,21,22)/t11-/m0/s1. The molecule has 1 atom stereocenters. The number of aryl methyl sites for hydroxylation is 1. The molecule has 1 aromatic heterocycles. The van der Waals surface area contributed by atoms with Crippen molar-refractivity contribution in [2.75, 3.05) is 19.6 Å². The fraction of sp³-hybridized carbons (Fsp3) is 0.500. The van der Waals surface area contributed by atoms with Gasteiger partial charge in [0, 0.05) is 19.0 Å². The highest BCUT2D eigenvalue weighted by molar-refractivity contribution is 5.76. The van der Waals surface area contributed by atoms with Gasteiger partial charge in [-0.2, -0.15) is 13.2 Å². The number of amides is 2. The molecule has 1 fully saturated rings. The van der Waals surface area contributed by atoms with E-state index in [0.717, 1.165) is 35.3 Å². The van der Waals surface area contributed by atoms with Gasteiger partial charge < -0.3 is 15.2 Å². The maximum atomic E-state index is 12.2. The lowest BCUT2D eigenvalue weighted by molar-refractivity contribution is -0.123. The number of H-pyrrole nitrogens is 1. The van der Waals surface area contributed by atoms with Crippen LogP contribution in [0.15, 0.2) is 18.2 Å². The third-order valence-corrected chi connectivity index (χ3v) is 4.19. The first-order chi connectivity index (χ1) is 11.3. The second-order valence-electron chi connectivity index (χ2n) is 6.20. The molecule has 1 aliphatic heterocycles. The van der Waals surface area contributed by atoms with Gasteiger partial charge in [0.25, 0.3) is 0 Å². The molecule has 5 nitrogen and oxygen atoms in total. The van der Waals surface area contributed by atoms with Gasteiger partial charge in [0.2, 0.25) is 0 Å². The summed E-state index contributed by atoms with van der Waals surface area (Å²) in [6.45, 7) is 1.51. The molecule has 3 rings (SSSR count). The number of imidazole rings is 1. The van der Waals surface area contributed by atoms with E-state index in [1.54, 1.807) is 0 Å². The van der Waals surface area contributed by atoms with Crippen molar-refractivity contribution in [3.05, 3.63) is 29.6 Å². The van der Waals surface area contributed by atoms with Gasteiger partial charge in [-0.25, -0.2) is 9.78 Å². The van der Waals surface area contributed by atoms with E-state index in [1.165, 1.54) is 4.90 Å². The molecule has 8 heteroatoms. The smallest absolute Gasteiger partial charge is 0.342 e. The van der Waals surface area contributed by atoms with Crippen LogP contribution in [-0.4, -0.2) is 46.7 Å². The Hall–Kier alpha value is -2.25. The highest BCUT2D eigenvalue weighted by atomic mass is 19.4. The van der Waals surface area contributed by atoms with Crippen molar-refractivity contribution in [1.29, 1.82) is 0 Å². The number of rotatable bonds is 2. The summed E-state index contributed by atoms with van der Waals surface area (Å²) in [7, 11) is 0. The predicted octanol–water partition coefficient (Wildman–Crippen LogP) is 3.32. The first kappa shape index (κ1) is 16.6. The zero-order valence-corrected chi connectivity index (χ0v) is 13.3. The fourth-order valence-electron chi connectivity index (χ4n) is 3.01. The van der Waals surface area contributed by atoms with Crippen molar-refractivity contribution in [2.45, 2.75) is 31.9 Å². The van der Waals surface area contributed by atoms with Gasteiger partial charge in [-0.05, 0) is 37.5 Å². The summed E-state index contributed by atoms with van der Waals surface area (Å²) < 4.78 is 36.7. The second kappa shape index (κ2) is 6.33. The average molecular weight is 340 g/mol. The summed E-state index contributed by atoms with van der Waals surface area (Å²) in [6, 6.07) is 5.23. The number of aromatic amines is 1. The number of likely N-dealkylation sites (tertiary alicyclic amines) is 1. The van der Waals surface area contributed by atoms with E-state index in [9.17, 15) is 18.0 Å². The van der Waals surface area contributed by atoms with Crippen LogP contribution in [0.1, 0.15) is 30.1 Å². The number of nitrogens with zero attached hydrogens (tertiary/aromatic N) is 2. The molecule has 0 unspecified atom stereocenters. The van der Waals surface area contributed by atoms with Crippen LogP contribution in [0, 0.1) is 6.92 Å². The van der Waals surface area contributed by atoms with Crippen molar-refractivity contribution in [3.8, 4) is 0 Å². The quantitative estimate of drug-likeness (QED) is 0.881. The van der Waals surface area contributed by atoms with Gasteiger partial charge in [0.1, 0.15) is 12.4 Å². The molecule has 2 amide bonds. The Labute approximate surface area is 137 Å². The molecule has 1 aliphatic rings. The Morgan fingerprint density at radius 3 is 3.00 bits per heavy atom. The summed E-state index contributed by atoms with van der Waals surface area (Å²) in [5, 5.41) is 1.93. The first-order valence-electron chi connectivity index (χ1n) is 7.87. The van der Waals surface area contributed by atoms with Gasteiger partial charge in [-0.3, -0.25) is 0 Å². The maximum Gasteiger partial charge on any atom is 0.405 e. The van der Waals surface area contributed by atoms with Crippen LogP contribution in [0.4, 0.5) is 18.0 Å². The number of carbonyl (C=O) groups excluding carboxylic acids is 1. The van der Waals surface area contributed by atoms with Crippen LogP contribution in [0.3, 0.4) is 0 Å². The Morgan fingerprint density at radius 2 is 2.25 bits per heavy atom. The first-order valence-corrected chi connectivity index (χ1v) is 7.87. The van der Waals surface area contributed by atoms with Crippen molar-refractivity contribution in [1.82, 2.24) is 20.2 Å². The minimum atomic E-state index is -4.40. The molecule has 130 valence electrons. The molecule has 0 bridgehead atoms. The van der Waals surface area contributed by atoms with Crippen molar-refractivity contribution in [3.63, 3.8) is 0 Å². The minimum absolute atomic E-state index is 0.00286. The third kappa shape index (κ3) is 3.80. The molecule has 1 aromatic carbocycles. The summed E-state index contributed by atoms with van der Waals surface area (Å²) in [6.07, 6.45) is -2.82. The Bertz CT molecular complexity index is 740. The number of alkyl halides is 3. The maximum absolute atomic E-state index is 12.2. The van der Waals surface area contributed by atoms with Crippen molar-refractivity contribution in [2.24, 2.45) is 0 Å². The largest absolute Gasteiger partial charge is 0.405 e. The van der Waals surface area contributed by atoms with Gasteiger partial charge in [0.05, 0.1) is 11.0 Å². The number of hydrogen-bond acceptors (Lipinski definition) is 2. The van der Waals surface area contributed by atoms with Crippen molar-refractivity contribution >= 4 is 17.1 Å². The number of hydrogen-bond donors (Lipinski definition) is 2. The summed E-state index contributed by atoms with van der Waals surface area (Å²) in [4.78, 5) is 21.2. The number of piperidine rings is 1. The molecule has 2 N–H and O–H groups in total. The van der Waals surface area contributed by atoms with Crippen molar-refractivity contribution < 1.29 is 18.0 Å². The second-order valence-corrected chi connectivity index (χ2v) is 6.20. The highest BCUT2D eigenvalue weighted by Crippen LogP contribution is 2.27. The van der Waals surface area contributed by atoms with E-state index < -0.39 is 18.8 Å². The molecule has 0 saturated carbocycles. The Morgan fingerprint density at radius 1 is 1.46 bits per heavy atom. The van der Waals surface area contributed by atoms with E-state index in [2.05, 4.69) is 9.97 Å². The molecule has 2 aromatic rings. The number of carbonyl (C=O) groups is 1. The van der Waals surface area contributed by atoms with Gasteiger partial charge in [0.15, 0.2) is 0 Å². The molecular formula is C16H19F3N4O. The normalized spacial score (nSPS) is 18.8. The van der Waals surface area contributed by atoms with Gasteiger partial charge >= 0.3 is 12.2 Å². The molecule has 0 spiro atoms. The third-order valence-electron chi connectivity index (χ3n) is 4.19. The number of fused-ring (bicyclic) bond motifs is 1. The monoisotopic (exact) mass is 340 g/mol. The summed E-state index contributed by atoms with van der Waals surface area (Å²) in [5.74, 6) is 0.784. The molecule has 0 aliphatic carbocycles. The Balaban J connectivity index is 1.69. The Kier molecular flexibility index (Phi) is 4.38. The number of benzene rings is 1. The molecule has 0 radical (unpaired) electrons. The molecule has 24 heavy (non-hydrogen) atoms. The van der Waals surface area contributed by atoms with Crippen LogP contribution in [0.5, 0.6) is 0 Å².